The van der Waals surface area contributed by atoms with E-state index in [-0.39, 0.29) is 5.82 Å². The second-order valence-electron chi connectivity index (χ2n) is 4.38. The number of oxazole rings is 1. The molecule has 2 heterocycles. The zero-order valence-electron chi connectivity index (χ0n) is 11.1. The molecule has 0 fully saturated rings. The number of pyridine rings is 1. The number of aromatic nitrogens is 2. The molecule has 0 saturated carbocycles. The fourth-order valence-electron chi connectivity index (χ4n) is 1.83. The highest BCUT2D eigenvalue weighted by Crippen LogP contribution is 2.24. The first-order chi connectivity index (χ1) is 10.1. The van der Waals surface area contributed by atoms with Crippen molar-refractivity contribution in [2.45, 2.75) is 5.03 Å². The van der Waals surface area contributed by atoms with Crippen molar-refractivity contribution < 1.29 is 13.0 Å². The number of benzene rings is 1. The van der Waals surface area contributed by atoms with Gasteiger partial charge in [0.25, 0.3) is 0 Å². The van der Waals surface area contributed by atoms with E-state index in [1.54, 1.807) is 36.7 Å². The molecule has 0 bridgehead atoms. The third-order valence-corrected chi connectivity index (χ3v) is 3.75. The predicted molar refractivity (Wildman–Crippen MR) is 77.5 cm³/mol. The quantitative estimate of drug-likeness (QED) is 0.745. The van der Waals surface area contributed by atoms with Gasteiger partial charge in [0.15, 0.2) is 0 Å². The maximum Gasteiger partial charge on any atom is 0.226 e. The molecule has 4 nitrogen and oxygen atoms in total. The molecule has 0 aliphatic heterocycles. The van der Waals surface area contributed by atoms with E-state index in [9.17, 15) is 8.60 Å². The lowest BCUT2D eigenvalue weighted by Gasteiger charge is -1.97. The highest BCUT2D eigenvalue weighted by atomic mass is 32.2. The Morgan fingerprint density at radius 1 is 1.10 bits per heavy atom. The van der Waals surface area contributed by atoms with Crippen molar-refractivity contribution in [1.29, 1.82) is 0 Å². The molecule has 106 valence electrons. The van der Waals surface area contributed by atoms with Crippen LogP contribution in [-0.4, -0.2) is 20.4 Å². The minimum Gasteiger partial charge on any atom is -0.444 e. The molecule has 0 unspecified atom stereocenters. The maximum atomic E-state index is 12.9. The summed E-state index contributed by atoms with van der Waals surface area (Å²) >= 11 is 0. The van der Waals surface area contributed by atoms with Gasteiger partial charge in [-0.05, 0) is 36.4 Å². The summed E-state index contributed by atoms with van der Waals surface area (Å²) in [7, 11) is -1.11. The third-order valence-electron chi connectivity index (χ3n) is 2.92. The summed E-state index contributed by atoms with van der Waals surface area (Å²) in [5, 5.41) is 0.515. The van der Waals surface area contributed by atoms with Crippen LogP contribution in [0.15, 0.2) is 58.3 Å². The van der Waals surface area contributed by atoms with Crippen molar-refractivity contribution in [2.75, 3.05) is 6.26 Å². The van der Waals surface area contributed by atoms with Gasteiger partial charge in [-0.3, -0.25) is 4.21 Å². The molecule has 0 amide bonds. The largest absolute Gasteiger partial charge is 0.444 e. The van der Waals surface area contributed by atoms with Gasteiger partial charge in [0.1, 0.15) is 22.8 Å². The fourth-order valence-corrected chi connectivity index (χ4v) is 2.29. The van der Waals surface area contributed by atoms with Gasteiger partial charge >= 0.3 is 0 Å². The number of hydrogen-bond donors (Lipinski definition) is 0. The molecule has 1 atom stereocenters. The number of nitrogens with zero attached hydrogens (tertiary/aromatic N) is 2. The van der Waals surface area contributed by atoms with Crippen LogP contribution in [0.1, 0.15) is 0 Å². The first-order valence-corrected chi connectivity index (χ1v) is 7.70. The summed E-state index contributed by atoms with van der Waals surface area (Å²) in [6, 6.07) is 9.39. The van der Waals surface area contributed by atoms with E-state index >= 15 is 0 Å². The number of rotatable bonds is 3. The molecule has 0 spiro atoms. The Morgan fingerprint density at radius 2 is 1.81 bits per heavy atom. The molecule has 0 radical (unpaired) electrons. The zero-order valence-corrected chi connectivity index (χ0v) is 11.9. The van der Waals surface area contributed by atoms with E-state index in [0.717, 1.165) is 5.56 Å². The van der Waals surface area contributed by atoms with Crippen LogP contribution in [0.2, 0.25) is 0 Å². The maximum absolute atomic E-state index is 12.9. The van der Waals surface area contributed by atoms with Crippen LogP contribution in [0.5, 0.6) is 0 Å². The Kier molecular flexibility index (Phi) is 3.62. The topological polar surface area (TPSA) is 56.0 Å². The van der Waals surface area contributed by atoms with Crippen molar-refractivity contribution in [2.24, 2.45) is 0 Å². The summed E-state index contributed by atoms with van der Waals surface area (Å²) in [4.78, 5) is 8.47. The molecule has 6 heteroatoms. The predicted octanol–water partition coefficient (Wildman–Crippen LogP) is 3.28. The molecule has 0 aliphatic rings. The van der Waals surface area contributed by atoms with Crippen molar-refractivity contribution >= 4 is 10.8 Å². The van der Waals surface area contributed by atoms with E-state index in [2.05, 4.69) is 9.97 Å². The van der Waals surface area contributed by atoms with Gasteiger partial charge in [-0.2, -0.15) is 0 Å². The molecule has 3 aromatic rings. The summed E-state index contributed by atoms with van der Waals surface area (Å²) in [6.07, 6.45) is 4.69. The molecule has 21 heavy (non-hydrogen) atoms. The number of hydrogen-bond acceptors (Lipinski definition) is 4. The second-order valence-corrected chi connectivity index (χ2v) is 5.71. The Bertz CT molecular complexity index is 782. The summed E-state index contributed by atoms with van der Waals surface area (Å²) in [6.45, 7) is 0. The van der Waals surface area contributed by atoms with Gasteiger partial charge < -0.3 is 4.42 Å². The van der Waals surface area contributed by atoms with E-state index in [1.165, 1.54) is 18.4 Å². The highest BCUT2D eigenvalue weighted by molar-refractivity contribution is 7.84. The van der Waals surface area contributed by atoms with Crippen molar-refractivity contribution in [3.63, 3.8) is 0 Å². The standard InChI is InChI=1S/C15H11FN2O2S/c1-21(19)14-7-4-11(8-17-14)13-9-20-15(18-13)10-2-5-12(16)6-3-10/h2-9H,1H3/t21-/m1/s1. The lowest BCUT2D eigenvalue weighted by molar-refractivity contribution is 0.574. The number of halogens is 1. The summed E-state index contributed by atoms with van der Waals surface area (Å²) in [5.74, 6) is 0.103. The van der Waals surface area contributed by atoms with Crippen LogP contribution in [0.3, 0.4) is 0 Å². The van der Waals surface area contributed by atoms with Gasteiger partial charge in [0.05, 0.1) is 10.8 Å². The summed E-state index contributed by atoms with van der Waals surface area (Å²) in [5.41, 5.74) is 2.08. The fraction of sp³-hybridized carbons (Fsp3) is 0.0667. The Morgan fingerprint density at radius 3 is 2.43 bits per heavy atom. The molecule has 1 aromatic carbocycles. The van der Waals surface area contributed by atoms with Crippen LogP contribution in [0.4, 0.5) is 4.39 Å². The monoisotopic (exact) mass is 302 g/mol. The zero-order chi connectivity index (χ0) is 14.8. The third kappa shape index (κ3) is 2.90. The van der Waals surface area contributed by atoms with Gasteiger partial charge in [-0.15, -0.1) is 0 Å². The molecular weight excluding hydrogens is 291 g/mol. The lowest BCUT2D eigenvalue weighted by atomic mass is 10.2. The molecular formula is C15H11FN2O2S. The highest BCUT2D eigenvalue weighted by Gasteiger charge is 2.09. The minimum atomic E-state index is -1.11. The average Bonchev–Trinajstić information content (AvgIpc) is 2.98. The first-order valence-electron chi connectivity index (χ1n) is 6.15. The SMILES string of the molecule is C[S@@](=O)c1ccc(-c2coc(-c3ccc(F)cc3)n2)cn1. The smallest absolute Gasteiger partial charge is 0.226 e. The van der Waals surface area contributed by atoms with Gasteiger partial charge in [-0.25, -0.2) is 14.4 Å². The Hall–Kier alpha value is -2.34. The summed E-state index contributed by atoms with van der Waals surface area (Å²) < 4.78 is 29.6. The van der Waals surface area contributed by atoms with Crippen LogP contribution in [0.25, 0.3) is 22.7 Å². The average molecular weight is 302 g/mol. The molecule has 2 aromatic heterocycles. The van der Waals surface area contributed by atoms with Crippen molar-refractivity contribution in [3.05, 3.63) is 54.7 Å². The first kappa shape index (κ1) is 13.6. The Labute approximate surface area is 123 Å². The van der Waals surface area contributed by atoms with Crippen LogP contribution >= 0.6 is 0 Å². The Balaban J connectivity index is 1.90. The second kappa shape index (κ2) is 5.57. The van der Waals surface area contributed by atoms with Crippen LogP contribution < -0.4 is 0 Å². The van der Waals surface area contributed by atoms with E-state index in [4.69, 9.17) is 4.42 Å². The molecule has 3 rings (SSSR count). The van der Waals surface area contributed by atoms with E-state index < -0.39 is 10.8 Å². The molecule has 0 aliphatic carbocycles. The van der Waals surface area contributed by atoms with E-state index in [0.29, 0.717) is 22.2 Å². The lowest BCUT2D eigenvalue weighted by Crippen LogP contribution is -1.91. The molecule has 0 saturated heterocycles. The van der Waals surface area contributed by atoms with Crippen molar-refractivity contribution in [1.82, 2.24) is 9.97 Å². The minimum absolute atomic E-state index is 0.308. The van der Waals surface area contributed by atoms with Crippen molar-refractivity contribution in [3.8, 4) is 22.7 Å². The van der Waals surface area contributed by atoms with Gasteiger partial charge in [0.2, 0.25) is 5.89 Å². The van der Waals surface area contributed by atoms with Crippen LogP contribution in [0, 0.1) is 5.82 Å². The molecule has 0 N–H and O–H groups in total. The normalized spacial score (nSPS) is 12.3. The van der Waals surface area contributed by atoms with Gasteiger partial charge in [-0.1, -0.05) is 0 Å². The van der Waals surface area contributed by atoms with Gasteiger partial charge in [0, 0.05) is 23.6 Å². The van der Waals surface area contributed by atoms with Crippen LogP contribution in [-0.2, 0) is 10.8 Å². The van der Waals surface area contributed by atoms with E-state index in [1.807, 2.05) is 0 Å².